The van der Waals surface area contributed by atoms with Crippen molar-refractivity contribution in [1.82, 2.24) is 0 Å². The molecule has 0 aromatic carbocycles. The van der Waals surface area contributed by atoms with E-state index in [1.807, 2.05) is 6.08 Å². The SMILES string of the molecule is CC/C=C\C/C=C\C/C=C\C/C=C\CCCCCCCCCOCC(COC(=O)CCCC/C=C\C/C=C\C/C=C\C/C=C\CC)OC(=O)CC/C=C\C/C=C\C/C=C\C/C=C\CC. The fraction of sp³-hybridized carbons (Fsp3) is 0.559. The molecule has 1 unspecified atom stereocenters. The van der Waals surface area contributed by atoms with Gasteiger partial charge < -0.3 is 14.2 Å². The fourth-order valence-electron chi connectivity index (χ4n) is 6.21. The number of esters is 2. The predicted molar refractivity (Wildman–Crippen MR) is 278 cm³/mol. The van der Waals surface area contributed by atoms with E-state index in [0.29, 0.717) is 19.4 Å². The van der Waals surface area contributed by atoms with Crippen molar-refractivity contribution >= 4 is 11.9 Å². The van der Waals surface area contributed by atoms with Gasteiger partial charge in [-0.2, -0.15) is 0 Å². The molecule has 0 radical (unpaired) electrons. The summed E-state index contributed by atoms with van der Waals surface area (Å²) >= 11 is 0. The lowest BCUT2D eigenvalue weighted by Crippen LogP contribution is -2.30. The van der Waals surface area contributed by atoms with Crippen LogP contribution in [0.5, 0.6) is 0 Å². The number of unbranched alkanes of at least 4 members (excludes halogenated alkanes) is 9. The second-order valence-corrected chi connectivity index (χ2v) is 15.9. The van der Waals surface area contributed by atoms with Gasteiger partial charge >= 0.3 is 11.9 Å². The second-order valence-electron chi connectivity index (χ2n) is 15.9. The molecular formula is C59H92O5. The van der Waals surface area contributed by atoms with E-state index in [9.17, 15) is 9.59 Å². The van der Waals surface area contributed by atoms with Crippen molar-refractivity contribution in [1.29, 1.82) is 0 Å². The maximum atomic E-state index is 12.7. The van der Waals surface area contributed by atoms with Crippen molar-refractivity contribution in [3.63, 3.8) is 0 Å². The first-order valence-electron chi connectivity index (χ1n) is 25.4. The minimum absolute atomic E-state index is 0.0202. The molecule has 0 aromatic rings. The van der Waals surface area contributed by atoms with Crippen LogP contribution in [-0.2, 0) is 23.8 Å². The molecule has 0 spiro atoms. The van der Waals surface area contributed by atoms with Crippen molar-refractivity contribution in [2.24, 2.45) is 0 Å². The third-order valence-corrected chi connectivity index (χ3v) is 9.86. The van der Waals surface area contributed by atoms with Gasteiger partial charge in [0.25, 0.3) is 0 Å². The van der Waals surface area contributed by atoms with Gasteiger partial charge in [0.05, 0.1) is 6.61 Å². The van der Waals surface area contributed by atoms with Crippen LogP contribution in [0.4, 0.5) is 0 Å². The first kappa shape index (κ1) is 59.8. The number of hydrogen-bond acceptors (Lipinski definition) is 5. The van der Waals surface area contributed by atoms with Crippen LogP contribution in [0.15, 0.2) is 146 Å². The summed E-state index contributed by atoms with van der Waals surface area (Å²) in [6, 6.07) is 0. The molecule has 0 amide bonds. The zero-order valence-electron chi connectivity index (χ0n) is 41.0. The standard InChI is InChI=1S/C59H92O5/c1-4-7-10-13-16-19-22-25-27-28-29-30-31-33-36-39-42-45-48-51-54-62-55-57(64-59(61)53-50-47-44-41-38-34-24-21-18-15-12-9-6-3)56-63-58(60)52-49-46-43-40-37-35-32-26-23-20-17-14-11-8-5-2/h7-12,16-21,25-27,29-30,32,34,37-38,40,44,47,57H,4-6,13-15,22-24,28,31,33,35-36,39,41-43,45-46,48-56H2,1-3H3/b10-7-,11-8-,12-9-,19-16-,20-17-,21-18-,27-25-,30-29-,32-26-,38-34-,40-37-,47-44-. The van der Waals surface area contributed by atoms with Gasteiger partial charge in [0, 0.05) is 19.4 Å². The first-order chi connectivity index (χ1) is 31.6. The number of carbonyl (C=O) groups excluding carboxylic acids is 2. The van der Waals surface area contributed by atoms with Crippen molar-refractivity contribution in [3.05, 3.63) is 146 Å². The largest absolute Gasteiger partial charge is 0.462 e. The third kappa shape index (κ3) is 50.4. The van der Waals surface area contributed by atoms with Crippen LogP contribution in [-0.4, -0.2) is 37.9 Å². The summed E-state index contributed by atoms with van der Waals surface area (Å²) in [4.78, 5) is 25.3. The van der Waals surface area contributed by atoms with Crippen molar-refractivity contribution in [3.8, 4) is 0 Å². The Kier molecular flexibility index (Phi) is 49.6. The molecule has 64 heavy (non-hydrogen) atoms. The third-order valence-electron chi connectivity index (χ3n) is 9.86. The average molecular weight is 881 g/mol. The zero-order chi connectivity index (χ0) is 46.3. The second kappa shape index (κ2) is 53.1. The van der Waals surface area contributed by atoms with Crippen LogP contribution in [0.2, 0.25) is 0 Å². The fourth-order valence-corrected chi connectivity index (χ4v) is 6.21. The number of ether oxygens (including phenoxy) is 3. The molecule has 358 valence electrons. The molecule has 0 aromatic heterocycles. The highest BCUT2D eigenvalue weighted by atomic mass is 16.6. The van der Waals surface area contributed by atoms with Gasteiger partial charge in [0.15, 0.2) is 6.10 Å². The number of carbonyl (C=O) groups is 2. The molecule has 5 nitrogen and oxygen atoms in total. The van der Waals surface area contributed by atoms with Crippen LogP contribution in [0.25, 0.3) is 0 Å². The van der Waals surface area contributed by atoms with Crippen LogP contribution in [0.3, 0.4) is 0 Å². The molecule has 0 saturated carbocycles. The first-order valence-corrected chi connectivity index (χ1v) is 25.4. The van der Waals surface area contributed by atoms with Crippen LogP contribution in [0, 0.1) is 0 Å². The van der Waals surface area contributed by atoms with Gasteiger partial charge in [-0.1, -0.05) is 199 Å². The van der Waals surface area contributed by atoms with Gasteiger partial charge in [0.2, 0.25) is 0 Å². The summed E-state index contributed by atoms with van der Waals surface area (Å²) in [5, 5.41) is 0. The molecule has 0 aliphatic heterocycles. The Bertz CT molecular complexity index is 1410. The van der Waals surface area contributed by atoms with Gasteiger partial charge in [-0.15, -0.1) is 0 Å². The topological polar surface area (TPSA) is 61.8 Å². The Morgan fingerprint density at radius 3 is 1.11 bits per heavy atom. The molecule has 0 N–H and O–H groups in total. The van der Waals surface area contributed by atoms with Gasteiger partial charge in [0.1, 0.15) is 6.61 Å². The molecule has 0 rings (SSSR count). The van der Waals surface area contributed by atoms with Crippen molar-refractivity contribution < 1.29 is 23.8 Å². The number of rotatable bonds is 44. The highest BCUT2D eigenvalue weighted by Crippen LogP contribution is 2.11. The summed E-state index contributed by atoms with van der Waals surface area (Å²) in [5.41, 5.74) is 0. The summed E-state index contributed by atoms with van der Waals surface area (Å²) in [6.07, 6.45) is 77.3. The van der Waals surface area contributed by atoms with E-state index in [0.717, 1.165) is 116 Å². The molecule has 0 saturated heterocycles. The molecule has 0 heterocycles. The van der Waals surface area contributed by atoms with E-state index < -0.39 is 6.10 Å². The monoisotopic (exact) mass is 881 g/mol. The van der Waals surface area contributed by atoms with E-state index in [1.54, 1.807) is 0 Å². The van der Waals surface area contributed by atoms with E-state index in [1.165, 1.54) is 32.1 Å². The molecule has 0 aliphatic carbocycles. The Labute approximate surface area is 393 Å². The van der Waals surface area contributed by atoms with E-state index >= 15 is 0 Å². The van der Waals surface area contributed by atoms with Crippen LogP contribution < -0.4 is 0 Å². The summed E-state index contributed by atoms with van der Waals surface area (Å²) < 4.78 is 17.3. The maximum absolute atomic E-state index is 12.7. The van der Waals surface area contributed by atoms with Crippen LogP contribution in [0.1, 0.15) is 188 Å². The lowest BCUT2D eigenvalue weighted by atomic mass is 10.1. The molecule has 1 atom stereocenters. The normalized spacial score (nSPS) is 13.5. The smallest absolute Gasteiger partial charge is 0.306 e. The van der Waals surface area contributed by atoms with Gasteiger partial charge in [-0.25, -0.2) is 0 Å². The lowest BCUT2D eigenvalue weighted by molar-refractivity contribution is -0.162. The van der Waals surface area contributed by atoms with Crippen molar-refractivity contribution in [2.45, 2.75) is 194 Å². The van der Waals surface area contributed by atoms with Crippen molar-refractivity contribution in [2.75, 3.05) is 19.8 Å². The minimum Gasteiger partial charge on any atom is -0.462 e. The Morgan fingerprint density at radius 1 is 0.344 bits per heavy atom. The highest BCUT2D eigenvalue weighted by Gasteiger charge is 2.17. The molecule has 0 aliphatic rings. The number of hydrogen-bond donors (Lipinski definition) is 0. The highest BCUT2D eigenvalue weighted by molar-refractivity contribution is 5.70. The summed E-state index contributed by atoms with van der Waals surface area (Å²) in [6.45, 7) is 7.31. The van der Waals surface area contributed by atoms with Crippen LogP contribution >= 0.6 is 0 Å². The van der Waals surface area contributed by atoms with Gasteiger partial charge in [-0.05, 0) is 122 Å². The van der Waals surface area contributed by atoms with E-state index in [4.69, 9.17) is 14.2 Å². The lowest BCUT2D eigenvalue weighted by Gasteiger charge is -2.18. The van der Waals surface area contributed by atoms with E-state index in [-0.39, 0.29) is 31.6 Å². The molecule has 0 fully saturated rings. The van der Waals surface area contributed by atoms with Gasteiger partial charge in [-0.3, -0.25) is 9.59 Å². The zero-order valence-corrected chi connectivity index (χ0v) is 41.0. The van der Waals surface area contributed by atoms with E-state index in [2.05, 4.69) is 161 Å². The Balaban J connectivity index is 4.45. The molecule has 5 heteroatoms. The maximum Gasteiger partial charge on any atom is 0.306 e. The molecule has 0 bridgehead atoms. The quantitative estimate of drug-likeness (QED) is 0.0347. The summed E-state index contributed by atoms with van der Waals surface area (Å²) in [5.74, 6) is -0.559. The Morgan fingerprint density at radius 2 is 0.688 bits per heavy atom. The summed E-state index contributed by atoms with van der Waals surface area (Å²) in [7, 11) is 0. The number of allylic oxidation sites excluding steroid dienone is 24. The predicted octanol–water partition coefficient (Wildman–Crippen LogP) is 17.3. The molecular weight excluding hydrogens is 789 g/mol. The minimum atomic E-state index is -0.608. The Hall–Kier alpha value is -4.22. The average Bonchev–Trinajstić information content (AvgIpc) is 3.30.